The zero-order chi connectivity index (χ0) is 37.7. The van der Waals surface area contributed by atoms with Crippen LogP contribution in [0.2, 0.25) is 0 Å². The van der Waals surface area contributed by atoms with Gasteiger partial charge in [0.2, 0.25) is 0 Å². The van der Waals surface area contributed by atoms with E-state index in [9.17, 15) is 0 Å². The second-order valence-corrected chi connectivity index (χ2v) is 15.3. The number of rotatable bonds is 6. The zero-order valence-electron chi connectivity index (χ0n) is 30.7. The summed E-state index contributed by atoms with van der Waals surface area (Å²) in [6.45, 7) is 0. The van der Waals surface area contributed by atoms with Crippen molar-refractivity contribution in [1.29, 1.82) is 0 Å². The van der Waals surface area contributed by atoms with Crippen LogP contribution in [0, 0.1) is 0 Å². The molecule has 0 radical (unpaired) electrons. The molecule has 0 unspecified atom stereocenters. The maximum absolute atomic E-state index is 5.47. The predicted molar refractivity (Wildman–Crippen MR) is 238 cm³/mol. The number of aromatic nitrogens is 4. The minimum absolute atomic E-state index is 0.620. The van der Waals surface area contributed by atoms with Crippen LogP contribution in [-0.2, 0) is 0 Å². The van der Waals surface area contributed by atoms with Gasteiger partial charge in [-0.05, 0) is 45.2 Å². The highest BCUT2D eigenvalue weighted by Crippen LogP contribution is 2.44. The van der Waals surface area contributed by atoms with E-state index in [0.717, 1.165) is 44.6 Å². The van der Waals surface area contributed by atoms with E-state index in [0.29, 0.717) is 17.5 Å². The van der Waals surface area contributed by atoms with E-state index in [4.69, 9.17) is 19.9 Å². The number of hydrogen-bond donors (Lipinski definition) is 0. The summed E-state index contributed by atoms with van der Waals surface area (Å²) in [5.41, 5.74) is 10.4. The van der Waals surface area contributed by atoms with Gasteiger partial charge in [-0.1, -0.05) is 182 Å². The Labute approximate surface area is 333 Å². The second-order valence-electron chi connectivity index (χ2n) is 14.2. The van der Waals surface area contributed by atoms with Crippen molar-refractivity contribution in [3.63, 3.8) is 0 Å². The van der Waals surface area contributed by atoms with Crippen LogP contribution in [-0.4, -0.2) is 19.9 Å². The molecule has 0 spiro atoms. The Kier molecular flexibility index (Phi) is 7.97. The number of pyridine rings is 1. The van der Waals surface area contributed by atoms with E-state index in [-0.39, 0.29) is 0 Å². The van der Waals surface area contributed by atoms with Crippen molar-refractivity contribution in [1.82, 2.24) is 19.9 Å². The first-order valence-electron chi connectivity index (χ1n) is 19.0. The Hall–Kier alpha value is -7.34. The maximum Gasteiger partial charge on any atom is 0.164 e. The number of thiophene rings is 1. The normalized spacial score (nSPS) is 11.5. The van der Waals surface area contributed by atoms with Crippen LogP contribution in [0.5, 0.6) is 0 Å². The van der Waals surface area contributed by atoms with Crippen molar-refractivity contribution in [3.8, 4) is 67.7 Å². The van der Waals surface area contributed by atoms with Crippen LogP contribution < -0.4 is 0 Å². The molecule has 0 amide bonds. The number of nitrogens with zero attached hydrogens (tertiary/aromatic N) is 4. The first kappa shape index (κ1) is 33.0. The van der Waals surface area contributed by atoms with Crippen molar-refractivity contribution >= 4 is 53.2 Å². The molecule has 3 heterocycles. The molecule has 11 aromatic rings. The van der Waals surface area contributed by atoms with Gasteiger partial charge < -0.3 is 0 Å². The van der Waals surface area contributed by atoms with Crippen LogP contribution in [0.3, 0.4) is 0 Å². The van der Waals surface area contributed by atoms with E-state index in [1.54, 1.807) is 0 Å². The Morgan fingerprint density at radius 2 is 0.842 bits per heavy atom. The molecular formula is C52H32N4S. The fourth-order valence-corrected chi connectivity index (χ4v) is 9.12. The second kappa shape index (κ2) is 13.7. The number of hydrogen-bond acceptors (Lipinski definition) is 5. The van der Waals surface area contributed by atoms with Crippen molar-refractivity contribution in [2.45, 2.75) is 0 Å². The van der Waals surface area contributed by atoms with Crippen molar-refractivity contribution in [3.05, 3.63) is 194 Å². The fourth-order valence-electron chi connectivity index (χ4n) is 7.89. The van der Waals surface area contributed by atoms with Gasteiger partial charge in [0, 0.05) is 47.8 Å². The Bertz CT molecular complexity index is 3260. The number of benzene rings is 8. The standard InChI is InChI=1S/C52H32N4S/c1-3-12-33(13-4-1)34-22-26-38(27-23-34)51-54-50(37-15-5-2-6-16-37)55-52(56-51)39-28-24-36(25-29-39)48-47-44-19-9-10-21-46(44)57-49(47)43-31-30-40(32-45(43)53-48)42-20-11-17-35-14-7-8-18-41(35)42/h1-32H. The highest BCUT2D eigenvalue weighted by molar-refractivity contribution is 7.26. The smallest absolute Gasteiger partial charge is 0.164 e. The summed E-state index contributed by atoms with van der Waals surface area (Å²) in [7, 11) is 0. The van der Waals surface area contributed by atoms with E-state index < -0.39 is 0 Å². The molecule has 8 aromatic carbocycles. The molecule has 0 aliphatic rings. The summed E-state index contributed by atoms with van der Waals surface area (Å²) in [6, 6.07) is 68.0. The zero-order valence-corrected chi connectivity index (χ0v) is 31.5. The highest BCUT2D eigenvalue weighted by Gasteiger charge is 2.18. The molecule has 0 saturated carbocycles. The first-order valence-corrected chi connectivity index (χ1v) is 19.9. The summed E-state index contributed by atoms with van der Waals surface area (Å²) in [4.78, 5) is 20.5. The maximum atomic E-state index is 5.47. The Balaban J connectivity index is 1.04. The van der Waals surface area contributed by atoms with Gasteiger partial charge in [-0.2, -0.15) is 0 Å². The molecule has 0 N–H and O–H groups in total. The van der Waals surface area contributed by atoms with Gasteiger partial charge in [-0.15, -0.1) is 11.3 Å². The molecule has 0 fully saturated rings. The van der Waals surface area contributed by atoms with Crippen LogP contribution in [0.4, 0.5) is 0 Å². The monoisotopic (exact) mass is 744 g/mol. The van der Waals surface area contributed by atoms with Gasteiger partial charge in [-0.25, -0.2) is 19.9 Å². The molecule has 0 aliphatic heterocycles. The van der Waals surface area contributed by atoms with Gasteiger partial charge in [-0.3, -0.25) is 0 Å². The van der Waals surface area contributed by atoms with E-state index >= 15 is 0 Å². The number of fused-ring (bicyclic) bond motifs is 6. The minimum Gasteiger partial charge on any atom is -0.247 e. The van der Waals surface area contributed by atoms with Crippen molar-refractivity contribution in [2.75, 3.05) is 0 Å². The molecule has 0 aliphatic carbocycles. The van der Waals surface area contributed by atoms with E-state index in [1.165, 1.54) is 47.5 Å². The highest BCUT2D eigenvalue weighted by atomic mass is 32.1. The molecule has 5 heteroatoms. The van der Waals surface area contributed by atoms with Crippen LogP contribution in [0.15, 0.2) is 194 Å². The van der Waals surface area contributed by atoms with E-state index in [1.807, 2.05) is 47.7 Å². The summed E-state index contributed by atoms with van der Waals surface area (Å²) in [6.07, 6.45) is 0. The van der Waals surface area contributed by atoms with Gasteiger partial charge in [0.05, 0.1) is 11.2 Å². The Morgan fingerprint density at radius 1 is 0.333 bits per heavy atom. The van der Waals surface area contributed by atoms with Crippen molar-refractivity contribution < 1.29 is 0 Å². The molecule has 4 nitrogen and oxygen atoms in total. The summed E-state index contributed by atoms with van der Waals surface area (Å²) >= 11 is 1.84. The van der Waals surface area contributed by atoms with Gasteiger partial charge in [0.25, 0.3) is 0 Å². The molecular weight excluding hydrogens is 713 g/mol. The van der Waals surface area contributed by atoms with Crippen LogP contribution in [0.25, 0.3) is 110 Å². The van der Waals surface area contributed by atoms with Crippen LogP contribution >= 0.6 is 11.3 Å². The van der Waals surface area contributed by atoms with Gasteiger partial charge in [0.1, 0.15) is 0 Å². The topological polar surface area (TPSA) is 51.6 Å². The molecule has 0 saturated heterocycles. The molecule has 11 rings (SSSR count). The van der Waals surface area contributed by atoms with Gasteiger partial charge in [0.15, 0.2) is 17.5 Å². The van der Waals surface area contributed by atoms with E-state index in [2.05, 4.69) is 158 Å². The summed E-state index contributed by atoms with van der Waals surface area (Å²) in [5.74, 6) is 1.89. The Morgan fingerprint density at radius 3 is 1.54 bits per heavy atom. The predicted octanol–water partition coefficient (Wildman–Crippen LogP) is 13.9. The third kappa shape index (κ3) is 5.93. The SMILES string of the molecule is c1ccc(-c2ccc(-c3nc(-c4ccccc4)nc(-c4ccc(-c5nc6cc(-c7cccc8ccccc78)ccc6c6sc7ccccc7c56)cc4)n3)cc2)cc1. The minimum atomic E-state index is 0.620. The van der Waals surface area contributed by atoms with Crippen LogP contribution in [0.1, 0.15) is 0 Å². The molecule has 0 bridgehead atoms. The molecule has 266 valence electrons. The lowest BCUT2D eigenvalue weighted by molar-refractivity contribution is 1.07. The molecule has 0 atom stereocenters. The molecule has 57 heavy (non-hydrogen) atoms. The quantitative estimate of drug-likeness (QED) is 0.170. The molecule has 3 aromatic heterocycles. The fraction of sp³-hybridized carbons (Fsp3) is 0. The lowest BCUT2D eigenvalue weighted by Gasteiger charge is -2.12. The largest absolute Gasteiger partial charge is 0.247 e. The summed E-state index contributed by atoms with van der Waals surface area (Å²) in [5, 5.41) is 6.03. The first-order chi connectivity index (χ1) is 28.2. The average Bonchev–Trinajstić information content (AvgIpc) is 3.69. The van der Waals surface area contributed by atoms with Gasteiger partial charge >= 0.3 is 0 Å². The van der Waals surface area contributed by atoms with Crippen molar-refractivity contribution in [2.24, 2.45) is 0 Å². The average molecular weight is 745 g/mol. The lowest BCUT2D eigenvalue weighted by atomic mass is 9.96. The third-order valence-electron chi connectivity index (χ3n) is 10.7. The third-order valence-corrected chi connectivity index (χ3v) is 11.9. The summed E-state index contributed by atoms with van der Waals surface area (Å²) < 4.78 is 2.50. The lowest BCUT2D eigenvalue weighted by Crippen LogP contribution is -2.00.